The van der Waals surface area contributed by atoms with Crippen molar-refractivity contribution in [3.63, 3.8) is 0 Å². The first kappa shape index (κ1) is 19.0. The summed E-state index contributed by atoms with van der Waals surface area (Å²) in [6.45, 7) is 7.04. The molecule has 2 aromatic carbocycles. The Labute approximate surface area is 168 Å². The molecule has 2 heterocycles. The van der Waals surface area contributed by atoms with Crippen LogP contribution in [0.4, 0.5) is 5.69 Å². The second-order valence-corrected chi connectivity index (χ2v) is 8.19. The summed E-state index contributed by atoms with van der Waals surface area (Å²) in [5, 5.41) is 0. The number of unbranched alkanes of at least 4 members (excludes halogenated alkanes) is 1. The lowest BCUT2D eigenvalue weighted by Gasteiger charge is -2.36. The van der Waals surface area contributed by atoms with Crippen LogP contribution in [-0.4, -0.2) is 43.6 Å². The van der Waals surface area contributed by atoms with E-state index in [9.17, 15) is 4.79 Å². The lowest BCUT2D eigenvalue weighted by atomic mass is 9.88. The summed E-state index contributed by atoms with van der Waals surface area (Å²) >= 11 is 0. The van der Waals surface area contributed by atoms with Crippen LogP contribution in [0.1, 0.15) is 53.6 Å². The second-order valence-electron chi connectivity index (χ2n) is 8.19. The van der Waals surface area contributed by atoms with Crippen molar-refractivity contribution in [3.05, 3.63) is 59.2 Å². The van der Waals surface area contributed by atoms with Crippen molar-refractivity contribution in [3.8, 4) is 5.75 Å². The van der Waals surface area contributed by atoms with Crippen LogP contribution in [-0.2, 0) is 0 Å². The van der Waals surface area contributed by atoms with Crippen molar-refractivity contribution >= 4 is 11.6 Å². The zero-order chi connectivity index (χ0) is 19.7. The average molecular weight is 379 g/mol. The van der Waals surface area contributed by atoms with E-state index in [4.69, 9.17) is 4.74 Å². The minimum atomic E-state index is 0.0993. The molecule has 148 valence electrons. The van der Waals surface area contributed by atoms with E-state index < -0.39 is 0 Å². The fourth-order valence-corrected chi connectivity index (χ4v) is 4.51. The number of benzene rings is 2. The molecule has 0 bridgehead atoms. The number of anilines is 1. The number of rotatable bonds is 5. The number of ether oxygens (including phenoxy) is 1. The normalized spacial score (nSPS) is 21.3. The van der Waals surface area contributed by atoms with Gasteiger partial charge in [0, 0.05) is 29.8 Å². The molecule has 28 heavy (non-hydrogen) atoms. The Morgan fingerprint density at radius 3 is 2.71 bits per heavy atom. The van der Waals surface area contributed by atoms with Crippen molar-refractivity contribution in [1.82, 2.24) is 4.90 Å². The van der Waals surface area contributed by atoms with Gasteiger partial charge in [-0.2, -0.15) is 0 Å². The molecule has 0 N–H and O–H groups in total. The van der Waals surface area contributed by atoms with Crippen LogP contribution in [0.25, 0.3) is 0 Å². The Morgan fingerprint density at radius 1 is 1.18 bits per heavy atom. The molecule has 0 aliphatic carbocycles. The van der Waals surface area contributed by atoms with Crippen LogP contribution in [0.5, 0.6) is 5.75 Å². The lowest BCUT2D eigenvalue weighted by molar-refractivity contribution is 0.0964. The fourth-order valence-electron chi connectivity index (χ4n) is 4.51. The van der Waals surface area contributed by atoms with Crippen molar-refractivity contribution in [1.29, 1.82) is 0 Å². The van der Waals surface area contributed by atoms with E-state index in [1.807, 2.05) is 24.3 Å². The maximum Gasteiger partial charge on any atom is 0.258 e. The number of hydrogen-bond donors (Lipinski definition) is 0. The minimum absolute atomic E-state index is 0.0993. The molecule has 0 unspecified atom stereocenters. The largest absolute Gasteiger partial charge is 0.494 e. The molecule has 2 atom stereocenters. The number of piperidine rings is 1. The third-order valence-corrected chi connectivity index (χ3v) is 6.04. The van der Waals surface area contributed by atoms with Crippen LogP contribution in [0.15, 0.2) is 42.5 Å². The van der Waals surface area contributed by atoms with Gasteiger partial charge in [-0.15, -0.1) is 0 Å². The zero-order valence-electron chi connectivity index (χ0n) is 17.1. The number of likely N-dealkylation sites (N-methyl/N-ethyl adjacent to an activating group) is 1. The van der Waals surface area contributed by atoms with Gasteiger partial charge in [-0.1, -0.05) is 31.0 Å². The second kappa shape index (κ2) is 7.96. The molecule has 1 fully saturated rings. The summed E-state index contributed by atoms with van der Waals surface area (Å²) in [5.74, 6) is 1.33. The Balaban J connectivity index is 1.60. The highest BCUT2D eigenvalue weighted by molar-refractivity contribution is 6.08. The highest BCUT2D eigenvalue weighted by Gasteiger charge is 2.44. The monoisotopic (exact) mass is 378 g/mol. The number of hydrogen-bond acceptors (Lipinski definition) is 3. The standard InChI is InChI=1S/C24H30N2O2/c1-4-5-14-28-19-9-7-18(8-10-19)24(27)26-22-11-6-17(2)15-20(22)21-16-25(3)13-12-23(21)26/h6-11,15,21,23H,4-5,12-14,16H2,1-3H3/t21-,23-/m0/s1. The van der Waals surface area contributed by atoms with Crippen molar-refractivity contribution in [2.24, 2.45) is 0 Å². The molecule has 0 radical (unpaired) electrons. The van der Waals surface area contributed by atoms with E-state index in [1.165, 1.54) is 11.1 Å². The average Bonchev–Trinajstić information content (AvgIpc) is 3.01. The van der Waals surface area contributed by atoms with Crippen molar-refractivity contribution in [2.75, 3.05) is 31.6 Å². The van der Waals surface area contributed by atoms with E-state index in [-0.39, 0.29) is 11.9 Å². The van der Waals surface area contributed by atoms with Gasteiger partial charge in [-0.25, -0.2) is 0 Å². The Bertz CT molecular complexity index is 846. The number of aryl methyl sites for hydroxylation is 1. The third-order valence-electron chi connectivity index (χ3n) is 6.04. The maximum atomic E-state index is 13.5. The summed E-state index contributed by atoms with van der Waals surface area (Å²) in [7, 11) is 2.17. The van der Waals surface area contributed by atoms with E-state index in [1.54, 1.807) is 0 Å². The molecule has 2 aromatic rings. The van der Waals surface area contributed by atoms with Gasteiger partial charge >= 0.3 is 0 Å². The molecule has 1 saturated heterocycles. The van der Waals surface area contributed by atoms with Crippen LogP contribution < -0.4 is 9.64 Å². The SMILES string of the molecule is CCCCOc1ccc(C(=O)N2c3ccc(C)cc3[C@@H]3CN(C)CC[C@@H]32)cc1. The zero-order valence-corrected chi connectivity index (χ0v) is 17.1. The van der Waals surface area contributed by atoms with Gasteiger partial charge in [0.1, 0.15) is 5.75 Å². The van der Waals surface area contributed by atoms with Gasteiger partial charge in [0.2, 0.25) is 0 Å². The molecular weight excluding hydrogens is 348 g/mol. The summed E-state index contributed by atoms with van der Waals surface area (Å²) < 4.78 is 5.74. The summed E-state index contributed by atoms with van der Waals surface area (Å²) in [5.41, 5.74) is 4.40. The number of carbonyl (C=O) groups is 1. The van der Waals surface area contributed by atoms with E-state index in [2.05, 4.69) is 48.9 Å². The van der Waals surface area contributed by atoms with Gasteiger partial charge in [0.15, 0.2) is 0 Å². The van der Waals surface area contributed by atoms with Gasteiger partial charge in [-0.05, 0) is 69.3 Å². The molecule has 0 aromatic heterocycles. The van der Waals surface area contributed by atoms with Crippen LogP contribution in [0.3, 0.4) is 0 Å². The van der Waals surface area contributed by atoms with E-state index in [0.29, 0.717) is 5.92 Å². The van der Waals surface area contributed by atoms with Gasteiger partial charge in [0.05, 0.1) is 6.61 Å². The summed E-state index contributed by atoms with van der Waals surface area (Å²) in [4.78, 5) is 17.9. The predicted octanol–water partition coefficient (Wildman–Crippen LogP) is 4.62. The van der Waals surface area contributed by atoms with E-state index in [0.717, 1.165) is 56.0 Å². The molecule has 2 aliphatic heterocycles. The molecular formula is C24H30N2O2. The number of fused-ring (bicyclic) bond motifs is 3. The molecule has 0 saturated carbocycles. The number of carbonyl (C=O) groups excluding carboxylic acids is 1. The van der Waals surface area contributed by atoms with Crippen molar-refractivity contribution in [2.45, 2.75) is 45.1 Å². The fraction of sp³-hybridized carbons (Fsp3) is 0.458. The molecule has 4 heteroatoms. The summed E-state index contributed by atoms with van der Waals surface area (Å²) in [6, 6.07) is 14.4. The molecule has 4 nitrogen and oxygen atoms in total. The first-order chi connectivity index (χ1) is 13.6. The topological polar surface area (TPSA) is 32.8 Å². The molecule has 2 aliphatic rings. The Morgan fingerprint density at radius 2 is 1.96 bits per heavy atom. The molecule has 1 amide bonds. The van der Waals surface area contributed by atoms with E-state index >= 15 is 0 Å². The lowest BCUT2D eigenvalue weighted by Crippen LogP contribution is -2.47. The first-order valence-electron chi connectivity index (χ1n) is 10.4. The summed E-state index contributed by atoms with van der Waals surface area (Å²) in [6.07, 6.45) is 3.17. The van der Waals surface area contributed by atoms with Crippen LogP contribution in [0, 0.1) is 6.92 Å². The number of amides is 1. The minimum Gasteiger partial charge on any atom is -0.494 e. The molecule has 0 spiro atoms. The highest BCUT2D eigenvalue weighted by Crippen LogP contribution is 2.45. The Hall–Kier alpha value is -2.33. The van der Waals surface area contributed by atoms with Gasteiger partial charge in [0.25, 0.3) is 5.91 Å². The smallest absolute Gasteiger partial charge is 0.258 e. The van der Waals surface area contributed by atoms with Crippen LogP contribution in [0.2, 0.25) is 0 Å². The number of nitrogens with zero attached hydrogens (tertiary/aromatic N) is 2. The molecule has 4 rings (SSSR count). The quantitative estimate of drug-likeness (QED) is 0.712. The van der Waals surface area contributed by atoms with Crippen LogP contribution >= 0.6 is 0 Å². The Kier molecular flexibility index (Phi) is 5.40. The number of likely N-dealkylation sites (tertiary alicyclic amines) is 1. The predicted molar refractivity (Wildman–Crippen MR) is 113 cm³/mol. The van der Waals surface area contributed by atoms with Gasteiger partial charge < -0.3 is 14.5 Å². The maximum absolute atomic E-state index is 13.5. The van der Waals surface area contributed by atoms with Crippen molar-refractivity contribution < 1.29 is 9.53 Å². The third kappa shape index (κ3) is 3.53. The van der Waals surface area contributed by atoms with Gasteiger partial charge in [-0.3, -0.25) is 4.79 Å². The first-order valence-corrected chi connectivity index (χ1v) is 10.4. The highest BCUT2D eigenvalue weighted by atomic mass is 16.5.